The Morgan fingerprint density at radius 1 is 1.15 bits per heavy atom. The van der Waals surface area contributed by atoms with E-state index in [1.54, 1.807) is 6.07 Å². The Labute approximate surface area is 239 Å². The van der Waals surface area contributed by atoms with Gasteiger partial charge in [-0.1, -0.05) is 40.2 Å². The monoisotopic (exact) mass is 574 g/mol. The number of carbonyl (C=O) groups is 4. The summed E-state index contributed by atoms with van der Waals surface area (Å²) in [6, 6.07) is 1.99. The highest BCUT2D eigenvalue weighted by Gasteiger charge is 2.75. The van der Waals surface area contributed by atoms with E-state index in [0.717, 1.165) is 24.1 Å². The number of hydrogen-bond donors (Lipinski definition) is 4. The number of nitrogens with zero attached hydrogens (tertiary/aromatic N) is 1. The largest absolute Gasteiger partial charge is 0.477 e. The molecule has 226 valence electrons. The predicted molar refractivity (Wildman–Crippen MR) is 148 cm³/mol. The highest BCUT2D eigenvalue weighted by Crippen LogP contribution is 2.66. The molecule has 0 unspecified atom stereocenters. The van der Waals surface area contributed by atoms with E-state index in [1.807, 2.05) is 40.8 Å². The summed E-state index contributed by atoms with van der Waals surface area (Å²) in [5.74, 6) is -0.503. The lowest BCUT2D eigenvalue weighted by atomic mass is 9.49. The minimum atomic E-state index is -1.33. The van der Waals surface area contributed by atoms with Crippen LogP contribution in [0.5, 0.6) is 11.5 Å². The molecule has 5 rings (SSSR count). The lowest BCUT2D eigenvalue weighted by Gasteiger charge is -2.63. The van der Waals surface area contributed by atoms with Crippen LogP contribution in [0.25, 0.3) is 0 Å². The minimum Gasteiger partial charge on any atom is -0.477 e. The van der Waals surface area contributed by atoms with Crippen molar-refractivity contribution in [2.24, 2.45) is 29.0 Å². The summed E-state index contributed by atoms with van der Waals surface area (Å²) in [5.41, 5.74) is 16.4. The number of benzene rings is 1. The fourth-order valence-corrected chi connectivity index (χ4v) is 6.97. The summed E-state index contributed by atoms with van der Waals surface area (Å²) in [6.07, 6.45) is 0.432. The summed E-state index contributed by atoms with van der Waals surface area (Å²) in [7, 11) is 2.04. The number of carboxylic acid groups (broad SMARTS) is 1. The highest BCUT2D eigenvalue weighted by molar-refractivity contribution is 5.91. The first-order chi connectivity index (χ1) is 19.2. The van der Waals surface area contributed by atoms with E-state index in [2.05, 4.69) is 10.6 Å². The average Bonchev–Trinajstić information content (AvgIpc) is 3.28. The molecule has 2 aliphatic carbocycles. The van der Waals surface area contributed by atoms with Gasteiger partial charge in [-0.15, -0.1) is 0 Å². The molecule has 1 aromatic carbocycles. The van der Waals surface area contributed by atoms with E-state index in [4.69, 9.17) is 35.6 Å². The predicted octanol–water partition coefficient (Wildman–Crippen LogP) is 1.48. The molecular formula is C29H42N4O8. The minimum absolute atomic E-state index is 0.0265. The van der Waals surface area contributed by atoms with Crippen molar-refractivity contribution in [3.05, 3.63) is 23.3 Å². The van der Waals surface area contributed by atoms with Crippen molar-refractivity contribution in [1.82, 2.24) is 4.90 Å². The van der Waals surface area contributed by atoms with Crippen LogP contribution in [0.4, 0.5) is 4.79 Å². The third-order valence-electron chi connectivity index (χ3n) is 9.48. The Kier molecular flexibility index (Phi) is 8.41. The Morgan fingerprint density at radius 3 is 2.41 bits per heavy atom. The van der Waals surface area contributed by atoms with Crippen molar-refractivity contribution in [3.8, 4) is 11.5 Å². The molecule has 1 amide bonds. The number of likely N-dealkylation sites (N-methyl/N-ethyl adjacent to an activating group) is 1. The van der Waals surface area contributed by atoms with Gasteiger partial charge in [0, 0.05) is 12.0 Å². The maximum absolute atomic E-state index is 13.5. The third kappa shape index (κ3) is 4.85. The molecule has 0 aromatic heterocycles. The summed E-state index contributed by atoms with van der Waals surface area (Å²) in [5, 5.41) is 7.19. The summed E-state index contributed by atoms with van der Waals surface area (Å²) in [4.78, 5) is 50.7. The number of esters is 2. The first-order valence-corrected chi connectivity index (χ1v) is 14.2. The van der Waals surface area contributed by atoms with Gasteiger partial charge in [0.25, 0.3) is 0 Å². The molecule has 2 heterocycles. The number of primary amides is 1. The standard InChI is InChI=1S/C28H39N3O6.CH3NO2/c1-6-15(4)22(30)26(34)37-28-10-9-17(32)24-27(28)11-12-31(5)19(28)13-16-7-8-18(23(36-24)20(16)27)35-25(33)21(29)14(2)3;2-1(3)4/h7-8,14-15,19,21-22,24H,6,9-13,29-30H2,1-5H3;2H2,(H,3,4)/t15-,19+,21-,22-,24-,27-,28+;/m0./s1. The van der Waals surface area contributed by atoms with Crippen LogP contribution in [-0.4, -0.2) is 77.2 Å². The Hall–Kier alpha value is -3.22. The second-order valence-corrected chi connectivity index (χ2v) is 12.1. The van der Waals surface area contributed by atoms with Gasteiger partial charge in [-0.05, 0) is 56.3 Å². The van der Waals surface area contributed by atoms with Crippen LogP contribution in [0.1, 0.15) is 64.5 Å². The Morgan fingerprint density at radius 2 is 1.80 bits per heavy atom. The molecule has 1 saturated carbocycles. The molecule has 2 aliphatic heterocycles. The van der Waals surface area contributed by atoms with Crippen molar-refractivity contribution < 1.29 is 38.5 Å². The molecule has 2 bridgehead atoms. The number of rotatable bonds is 7. The zero-order chi connectivity index (χ0) is 30.4. The molecular weight excluding hydrogens is 532 g/mol. The smallest absolute Gasteiger partial charge is 0.402 e. The first-order valence-electron chi connectivity index (χ1n) is 14.2. The van der Waals surface area contributed by atoms with E-state index in [1.165, 1.54) is 0 Å². The van der Waals surface area contributed by atoms with Crippen LogP contribution in [0.15, 0.2) is 12.1 Å². The number of amides is 1. The van der Waals surface area contributed by atoms with Crippen molar-refractivity contribution in [3.63, 3.8) is 0 Å². The molecule has 41 heavy (non-hydrogen) atoms. The van der Waals surface area contributed by atoms with Crippen LogP contribution in [-0.2, 0) is 31.0 Å². The van der Waals surface area contributed by atoms with E-state index in [9.17, 15) is 14.4 Å². The lowest BCUT2D eigenvalue weighted by molar-refractivity contribution is -0.215. The molecule has 1 spiro atoms. The fourth-order valence-electron chi connectivity index (χ4n) is 6.97. The third-order valence-corrected chi connectivity index (χ3v) is 9.48. The summed E-state index contributed by atoms with van der Waals surface area (Å²) in [6.45, 7) is 8.36. The molecule has 1 aromatic rings. The van der Waals surface area contributed by atoms with Gasteiger partial charge in [0.05, 0.1) is 11.5 Å². The van der Waals surface area contributed by atoms with Crippen molar-refractivity contribution in [1.29, 1.82) is 0 Å². The normalized spacial score (nSPS) is 29.7. The number of nitrogens with two attached hydrogens (primary N) is 3. The summed E-state index contributed by atoms with van der Waals surface area (Å²) >= 11 is 0. The first kappa shape index (κ1) is 30.7. The number of carbonyl (C=O) groups excluding carboxylic acids is 3. The van der Waals surface area contributed by atoms with E-state index < -0.39 is 47.2 Å². The number of ether oxygens (including phenoxy) is 3. The van der Waals surface area contributed by atoms with Crippen LogP contribution in [0, 0.1) is 11.8 Å². The zero-order valence-electron chi connectivity index (χ0n) is 24.3. The SMILES string of the molecule is CC[C@H](C)[C@H](N)C(=O)O[C@@]12CCC(=O)[C@@H]3Oc4c(OC(=O)[C@@H](N)C(C)C)ccc5c4[C@@]31CCN(C)[C@@H]2C5.NC(=O)O. The Bertz CT molecular complexity index is 1230. The quantitative estimate of drug-likeness (QED) is 0.272. The Balaban J connectivity index is 0.000000909. The second kappa shape index (κ2) is 11.2. The van der Waals surface area contributed by atoms with E-state index in [0.29, 0.717) is 25.0 Å². The summed E-state index contributed by atoms with van der Waals surface area (Å²) < 4.78 is 18.7. The van der Waals surface area contributed by atoms with Gasteiger partial charge in [0.1, 0.15) is 17.7 Å². The van der Waals surface area contributed by atoms with Gasteiger partial charge >= 0.3 is 18.0 Å². The number of piperidine rings is 1. The maximum Gasteiger partial charge on any atom is 0.402 e. The number of likely N-dealkylation sites (tertiary alicyclic amines) is 1. The molecule has 2 fully saturated rings. The molecule has 12 heteroatoms. The van der Waals surface area contributed by atoms with Gasteiger partial charge in [0.2, 0.25) is 0 Å². The van der Waals surface area contributed by atoms with Gasteiger partial charge in [0.15, 0.2) is 23.4 Å². The van der Waals surface area contributed by atoms with Gasteiger partial charge in [-0.2, -0.15) is 0 Å². The van der Waals surface area contributed by atoms with Crippen LogP contribution < -0.4 is 26.7 Å². The zero-order valence-corrected chi connectivity index (χ0v) is 24.3. The number of hydrogen-bond acceptors (Lipinski definition) is 10. The van der Waals surface area contributed by atoms with Crippen molar-refractivity contribution in [2.45, 2.75) is 95.0 Å². The van der Waals surface area contributed by atoms with Crippen LogP contribution in [0.3, 0.4) is 0 Å². The average molecular weight is 575 g/mol. The van der Waals surface area contributed by atoms with E-state index in [-0.39, 0.29) is 35.8 Å². The van der Waals surface area contributed by atoms with Crippen LogP contribution >= 0.6 is 0 Å². The van der Waals surface area contributed by atoms with Crippen molar-refractivity contribution >= 4 is 23.8 Å². The molecule has 4 aliphatic rings. The van der Waals surface area contributed by atoms with Gasteiger partial charge < -0.3 is 36.5 Å². The fraction of sp³-hybridized carbons (Fsp3) is 0.655. The van der Waals surface area contributed by atoms with E-state index >= 15 is 0 Å². The van der Waals surface area contributed by atoms with Crippen molar-refractivity contribution in [2.75, 3.05) is 13.6 Å². The molecule has 12 nitrogen and oxygen atoms in total. The maximum atomic E-state index is 13.5. The molecule has 0 radical (unpaired) electrons. The van der Waals surface area contributed by atoms with Gasteiger partial charge in [-0.25, -0.2) is 9.59 Å². The van der Waals surface area contributed by atoms with Crippen LogP contribution in [0.2, 0.25) is 0 Å². The molecule has 1 saturated heterocycles. The molecule has 7 N–H and O–H groups in total. The lowest BCUT2D eigenvalue weighted by Crippen LogP contribution is -2.77. The molecule has 7 atom stereocenters. The highest BCUT2D eigenvalue weighted by atomic mass is 16.6. The van der Waals surface area contributed by atoms with Gasteiger partial charge in [-0.3, -0.25) is 14.5 Å². The topological polar surface area (TPSA) is 198 Å². The second-order valence-electron chi connectivity index (χ2n) is 12.1. The number of Topliss-reactive ketones (excluding diaryl/α,β-unsaturated/α-hetero) is 1. The number of ketones is 1.